The lowest BCUT2D eigenvalue weighted by molar-refractivity contribution is 0.300. The summed E-state index contributed by atoms with van der Waals surface area (Å²) in [4.78, 5) is 4.72. The summed E-state index contributed by atoms with van der Waals surface area (Å²) in [6, 6.07) is 28.7. The fourth-order valence-electron chi connectivity index (χ4n) is 5.36. The Kier molecular flexibility index (Phi) is 6.84. The van der Waals surface area contributed by atoms with E-state index in [9.17, 15) is 8.42 Å². The summed E-state index contributed by atoms with van der Waals surface area (Å²) < 4.78 is 31.0. The highest BCUT2D eigenvalue weighted by molar-refractivity contribution is 7.93. The summed E-state index contributed by atoms with van der Waals surface area (Å²) in [6.07, 6.45) is 3.66. The molecule has 2 heterocycles. The van der Waals surface area contributed by atoms with Crippen molar-refractivity contribution in [2.24, 2.45) is 5.92 Å². The normalized spacial score (nSPS) is 18.1. The zero-order valence-corrected chi connectivity index (χ0v) is 20.7. The summed E-state index contributed by atoms with van der Waals surface area (Å²) in [6.45, 7) is 3.91. The third-order valence-corrected chi connectivity index (χ3v) is 8.93. The molecule has 6 heteroatoms. The van der Waals surface area contributed by atoms with Gasteiger partial charge in [-0.2, -0.15) is 0 Å². The fraction of sp³-hybridized carbons (Fsp3) is 0.276. The van der Waals surface area contributed by atoms with Crippen LogP contribution in [0.5, 0.6) is 0 Å². The van der Waals surface area contributed by atoms with E-state index in [2.05, 4.69) is 29.4 Å². The van der Waals surface area contributed by atoms with Crippen molar-refractivity contribution in [3.63, 3.8) is 0 Å². The van der Waals surface area contributed by atoms with Crippen molar-refractivity contribution in [2.45, 2.75) is 36.6 Å². The Morgan fingerprint density at radius 3 is 2.34 bits per heavy atom. The first-order chi connectivity index (χ1) is 17.1. The van der Waals surface area contributed by atoms with Crippen LogP contribution in [0, 0.1) is 5.92 Å². The average Bonchev–Trinajstić information content (AvgIpc) is 2.92. The molecule has 1 aromatic heterocycles. The van der Waals surface area contributed by atoms with Gasteiger partial charge in [-0.3, -0.25) is 9.29 Å². The molecule has 0 radical (unpaired) electrons. The molecule has 1 saturated heterocycles. The largest absolute Gasteiger partial charge is 0.316 e. The van der Waals surface area contributed by atoms with E-state index in [1.54, 1.807) is 22.6 Å². The molecular weight excluding hydrogens is 454 g/mol. The average molecular weight is 486 g/mol. The molecule has 0 spiro atoms. The molecule has 3 aromatic carbocycles. The molecule has 1 fully saturated rings. The van der Waals surface area contributed by atoms with Gasteiger partial charge in [0.1, 0.15) is 4.90 Å². The zero-order chi connectivity index (χ0) is 24.3. The molecule has 1 N–H and O–H groups in total. The Labute approximate surface area is 207 Å². The Hall–Kier alpha value is -3.22. The van der Waals surface area contributed by atoms with Gasteiger partial charge in [0.05, 0.1) is 17.2 Å². The molecule has 0 amide bonds. The Bertz CT molecular complexity index is 1370. The number of fused-ring (bicyclic) bond motifs is 1. The molecule has 0 saturated carbocycles. The molecule has 0 bridgehead atoms. The zero-order valence-electron chi connectivity index (χ0n) is 19.9. The van der Waals surface area contributed by atoms with Crippen LogP contribution in [0.2, 0.25) is 0 Å². The lowest BCUT2D eigenvalue weighted by Gasteiger charge is -2.43. The van der Waals surface area contributed by atoms with E-state index >= 15 is 0 Å². The van der Waals surface area contributed by atoms with Gasteiger partial charge in [-0.05, 0) is 61.7 Å². The topological polar surface area (TPSA) is 62.3 Å². The van der Waals surface area contributed by atoms with Crippen LogP contribution >= 0.6 is 0 Å². The number of hydrogen-bond acceptors (Lipinski definition) is 4. The summed E-state index contributed by atoms with van der Waals surface area (Å²) in [5.74, 6) is 0.149. The van der Waals surface area contributed by atoms with E-state index in [1.807, 2.05) is 66.7 Å². The van der Waals surface area contributed by atoms with Crippen LogP contribution in [0.1, 0.15) is 31.2 Å². The second kappa shape index (κ2) is 10.2. The molecule has 35 heavy (non-hydrogen) atoms. The van der Waals surface area contributed by atoms with Crippen molar-refractivity contribution < 1.29 is 8.42 Å². The van der Waals surface area contributed by atoms with E-state index in [0.29, 0.717) is 11.2 Å². The first kappa shape index (κ1) is 23.5. The first-order valence-corrected chi connectivity index (χ1v) is 13.7. The predicted octanol–water partition coefficient (Wildman–Crippen LogP) is 5.60. The first-order valence-electron chi connectivity index (χ1n) is 12.3. The standard InChI is InChI=1S/C29H31N3O2S/c1-22(23-11-4-2-5-12-23)29(25-15-9-19-30-21-25)32(26-16-6-3-7-17-26)35(33,34)27-18-8-13-24-14-10-20-31-28(24)27/h2-8,10-14,16-18,20,22,25,29-30H,9,15,19,21H2,1H3. The van der Waals surface area contributed by atoms with Crippen LogP contribution in [0.3, 0.4) is 0 Å². The molecule has 3 atom stereocenters. The number of nitrogens with zero attached hydrogens (tertiary/aromatic N) is 2. The SMILES string of the molecule is CC(c1ccccc1)C(C1CCCNC1)N(c1ccccc1)S(=O)(=O)c1cccc2cccnc12. The van der Waals surface area contributed by atoms with Crippen LogP contribution in [-0.2, 0) is 10.0 Å². The minimum absolute atomic E-state index is 0.0148. The molecule has 1 aliphatic rings. The van der Waals surface area contributed by atoms with Gasteiger partial charge < -0.3 is 5.32 Å². The summed E-state index contributed by atoms with van der Waals surface area (Å²) in [5.41, 5.74) is 2.32. The number of aromatic nitrogens is 1. The number of piperidine rings is 1. The molecule has 3 unspecified atom stereocenters. The maximum Gasteiger partial charge on any atom is 0.266 e. The predicted molar refractivity (Wildman–Crippen MR) is 142 cm³/mol. The second-order valence-electron chi connectivity index (χ2n) is 9.26. The molecular formula is C29H31N3O2S. The van der Waals surface area contributed by atoms with Crippen molar-refractivity contribution in [2.75, 3.05) is 17.4 Å². The third kappa shape index (κ3) is 4.68. The molecule has 5 nitrogen and oxygen atoms in total. The minimum atomic E-state index is -3.94. The minimum Gasteiger partial charge on any atom is -0.316 e. The molecule has 1 aliphatic heterocycles. The van der Waals surface area contributed by atoms with Crippen LogP contribution < -0.4 is 9.62 Å². The van der Waals surface area contributed by atoms with Gasteiger partial charge in [0.15, 0.2) is 0 Å². The maximum atomic E-state index is 14.6. The fourth-order valence-corrected chi connectivity index (χ4v) is 7.32. The van der Waals surface area contributed by atoms with Gasteiger partial charge in [0.2, 0.25) is 0 Å². The number of pyridine rings is 1. The van der Waals surface area contributed by atoms with E-state index in [-0.39, 0.29) is 22.8 Å². The van der Waals surface area contributed by atoms with Gasteiger partial charge in [-0.15, -0.1) is 0 Å². The van der Waals surface area contributed by atoms with E-state index in [0.717, 1.165) is 36.9 Å². The Morgan fingerprint density at radius 1 is 0.914 bits per heavy atom. The van der Waals surface area contributed by atoms with Crippen LogP contribution in [0.15, 0.2) is 102 Å². The number of nitrogens with one attached hydrogen (secondary N) is 1. The highest BCUT2D eigenvalue weighted by atomic mass is 32.2. The van der Waals surface area contributed by atoms with Gasteiger partial charge in [0.25, 0.3) is 10.0 Å². The monoisotopic (exact) mass is 485 g/mol. The van der Waals surface area contributed by atoms with Crippen LogP contribution in [0.4, 0.5) is 5.69 Å². The van der Waals surface area contributed by atoms with Crippen molar-refractivity contribution >= 4 is 26.6 Å². The molecule has 180 valence electrons. The number of benzene rings is 3. The number of para-hydroxylation sites is 2. The molecule has 0 aliphatic carbocycles. The van der Waals surface area contributed by atoms with Crippen molar-refractivity contribution in [1.82, 2.24) is 10.3 Å². The van der Waals surface area contributed by atoms with Crippen molar-refractivity contribution in [3.8, 4) is 0 Å². The van der Waals surface area contributed by atoms with Gasteiger partial charge in [-0.25, -0.2) is 8.42 Å². The van der Waals surface area contributed by atoms with Crippen molar-refractivity contribution in [3.05, 3.63) is 103 Å². The van der Waals surface area contributed by atoms with E-state index < -0.39 is 10.0 Å². The van der Waals surface area contributed by atoms with Crippen LogP contribution in [-0.4, -0.2) is 32.5 Å². The molecule has 4 aromatic rings. The highest BCUT2D eigenvalue weighted by Crippen LogP contribution is 2.39. The van der Waals surface area contributed by atoms with Gasteiger partial charge in [0, 0.05) is 17.5 Å². The van der Waals surface area contributed by atoms with E-state index in [1.165, 1.54) is 0 Å². The summed E-state index contributed by atoms with van der Waals surface area (Å²) in [5, 5.41) is 4.33. The number of rotatable bonds is 7. The molecule has 5 rings (SSSR count). The quantitative estimate of drug-likeness (QED) is 0.370. The van der Waals surface area contributed by atoms with Gasteiger partial charge in [-0.1, -0.05) is 73.7 Å². The maximum absolute atomic E-state index is 14.6. The lowest BCUT2D eigenvalue weighted by Crippen LogP contribution is -2.51. The summed E-state index contributed by atoms with van der Waals surface area (Å²) >= 11 is 0. The second-order valence-corrected chi connectivity index (χ2v) is 11.0. The lowest BCUT2D eigenvalue weighted by atomic mass is 9.81. The number of hydrogen-bond donors (Lipinski definition) is 1. The Balaban J connectivity index is 1.72. The number of anilines is 1. The summed E-state index contributed by atoms with van der Waals surface area (Å²) in [7, 11) is -3.94. The van der Waals surface area contributed by atoms with Crippen LogP contribution in [0.25, 0.3) is 10.9 Å². The number of sulfonamides is 1. The Morgan fingerprint density at radius 2 is 1.63 bits per heavy atom. The van der Waals surface area contributed by atoms with Crippen molar-refractivity contribution in [1.29, 1.82) is 0 Å². The smallest absolute Gasteiger partial charge is 0.266 e. The van der Waals surface area contributed by atoms with Gasteiger partial charge >= 0.3 is 0 Å². The van der Waals surface area contributed by atoms with E-state index in [4.69, 9.17) is 0 Å². The highest BCUT2D eigenvalue weighted by Gasteiger charge is 2.41. The third-order valence-electron chi connectivity index (χ3n) is 7.07.